The highest BCUT2D eigenvalue weighted by molar-refractivity contribution is 8.00. The van der Waals surface area contributed by atoms with Gasteiger partial charge in [0.05, 0.1) is 24.0 Å². The molecule has 3 aromatic carbocycles. The van der Waals surface area contributed by atoms with Crippen LogP contribution in [0.3, 0.4) is 0 Å². The molecule has 0 spiro atoms. The molecule has 0 saturated heterocycles. The summed E-state index contributed by atoms with van der Waals surface area (Å²) in [5.74, 6) is -1.82. The van der Waals surface area contributed by atoms with E-state index in [-0.39, 0.29) is 24.8 Å². The van der Waals surface area contributed by atoms with Crippen LogP contribution in [0.2, 0.25) is 0 Å². The molecular weight excluding hydrogens is 725 g/mol. The minimum Gasteiger partial charge on any atom is -0.462 e. The van der Waals surface area contributed by atoms with E-state index in [1.54, 1.807) is 94.1 Å². The number of fused-ring (bicyclic) bond motifs is 1. The van der Waals surface area contributed by atoms with Crippen molar-refractivity contribution < 1.29 is 33.4 Å². The summed E-state index contributed by atoms with van der Waals surface area (Å²) in [7, 11) is 0. The summed E-state index contributed by atoms with van der Waals surface area (Å²) in [6.07, 6.45) is 1.59. The number of benzene rings is 3. The molecule has 4 aromatic rings. The lowest BCUT2D eigenvalue weighted by Gasteiger charge is -2.30. The summed E-state index contributed by atoms with van der Waals surface area (Å²) in [6, 6.07) is 23.2. The zero-order valence-corrected chi connectivity index (χ0v) is 32.7. The van der Waals surface area contributed by atoms with Gasteiger partial charge in [-0.2, -0.15) is 0 Å². The Balaban J connectivity index is 1.29. The number of anilines is 2. The molecule has 1 aliphatic rings. The van der Waals surface area contributed by atoms with Crippen molar-refractivity contribution in [3.8, 4) is 0 Å². The second-order valence-electron chi connectivity index (χ2n) is 13.6. The fourth-order valence-electron chi connectivity index (χ4n) is 5.48. The van der Waals surface area contributed by atoms with E-state index < -0.39 is 34.7 Å². The minimum absolute atomic E-state index is 0.0590. The number of carbonyl (C=O) groups is 5. The second-order valence-corrected chi connectivity index (χ2v) is 16.1. The van der Waals surface area contributed by atoms with Gasteiger partial charge in [-0.3, -0.25) is 14.4 Å². The van der Waals surface area contributed by atoms with Gasteiger partial charge in [-0.05, 0) is 95.5 Å². The van der Waals surface area contributed by atoms with Gasteiger partial charge in [0.1, 0.15) is 16.3 Å². The third kappa shape index (κ3) is 10.6. The first-order valence-corrected chi connectivity index (χ1v) is 19.2. The molecule has 0 aliphatic carbocycles. The summed E-state index contributed by atoms with van der Waals surface area (Å²) >= 11 is 2.52. The number of amides is 4. The Morgan fingerprint density at radius 1 is 0.963 bits per heavy atom. The van der Waals surface area contributed by atoms with E-state index in [2.05, 4.69) is 16.0 Å². The molecule has 0 saturated carbocycles. The van der Waals surface area contributed by atoms with Gasteiger partial charge in [0, 0.05) is 27.6 Å². The standard InChI is InChI=1S/C41H44N4O7S2/c1-7-51-39(49)34-31-20-21-45(40(50)52-41(4,5)6)24-33(31)54-38(34)44-35(46)26(3)53-30-15-11-14-29(23-30)42-37(48)32(22-27-18-16-25(2)17-19-27)43-36(47)28-12-9-8-10-13-28/h8-19,22-23,26H,7,20-21,24H2,1-6H3,(H,42,48)(H,43,47)(H,44,46)/b32-22+. The van der Waals surface area contributed by atoms with Crippen molar-refractivity contribution in [1.29, 1.82) is 0 Å². The number of ether oxygens (including phenoxy) is 2. The molecule has 282 valence electrons. The molecule has 3 N–H and O–H groups in total. The predicted octanol–water partition coefficient (Wildman–Crippen LogP) is 8.06. The van der Waals surface area contributed by atoms with Gasteiger partial charge < -0.3 is 30.3 Å². The van der Waals surface area contributed by atoms with Crippen molar-refractivity contribution in [2.75, 3.05) is 23.8 Å². The topological polar surface area (TPSA) is 143 Å². The first-order valence-electron chi connectivity index (χ1n) is 17.5. The van der Waals surface area contributed by atoms with Crippen LogP contribution in [-0.4, -0.2) is 58.7 Å². The Labute approximate surface area is 323 Å². The number of esters is 1. The molecule has 1 unspecified atom stereocenters. The van der Waals surface area contributed by atoms with Crippen molar-refractivity contribution in [3.05, 3.63) is 117 Å². The van der Waals surface area contributed by atoms with Crippen LogP contribution in [0.15, 0.2) is 89.5 Å². The maximum absolute atomic E-state index is 13.6. The van der Waals surface area contributed by atoms with Gasteiger partial charge in [-0.1, -0.05) is 54.1 Å². The van der Waals surface area contributed by atoms with Crippen LogP contribution in [-0.2, 0) is 32.0 Å². The first-order chi connectivity index (χ1) is 25.7. The molecule has 0 fully saturated rings. The molecule has 5 rings (SSSR count). The quantitative estimate of drug-likeness (QED) is 0.0791. The van der Waals surface area contributed by atoms with E-state index in [0.717, 1.165) is 21.6 Å². The molecule has 13 heteroatoms. The SMILES string of the molecule is CCOC(=O)c1c(NC(=O)C(C)Sc2cccc(NC(=O)/C(=C\c3ccc(C)cc3)NC(=O)c3ccccc3)c2)sc2c1CCN(C(=O)OC(C)(C)C)C2. The number of thioether (sulfide) groups is 1. The average Bonchev–Trinajstić information content (AvgIpc) is 3.49. The number of aryl methyl sites for hydroxylation is 1. The van der Waals surface area contributed by atoms with Gasteiger partial charge in [0.25, 0.3) is 11.8 Å². The number of thiophene rings is 1. The van der Waals surface area contributed by atoms with E-state index in [0.29, 0.717) is 39.7 Å². The Hall–Kier alpha value is -5.40. The maximum Gasteiger partial charge on any atom is 0.410 e. The van der Waals surface area contributed by atoms with Crippen molar-refractivity contribution in [2.24, 2.45) is 0 Å². The van der Waals surface area contributed by atoms with E-state index in [4.69, 9.17) is 9.47 Å². The Morgan fingerprint density at radius 2 is 1.69 bits per heavy atom. The lowest BCUT2D eigenvalue weighted by molar-refractivity contribution is -0.115. The van der Waals surface area contributed by atoms with E-state index in [9.17, 15) is 24.0 Å². The van der Waals surface area contributed by atoms with Crippen LogP contribution in [0.4, 0.5) is 15.5 Å². The third-order valence-corrected chi connectivity index (χ3v) is 10.3. The van der Waals surface area contributed by atoms with Crippen LogP contribution in [0.25, 0.3) is 6.08 Å². The number of rotatable bonds is 11. The summed E-state index contributed by atoms with van der Waals surface area (Å²) in [4.78, 5) is 69.2. The normalized spacial score (nSPS) is 13.3. The molecular formula is C41H44N4O7S2. The fraction of sp³-hybridized carbons (Fsp3) is 0.293. The molecule has 11 nitrogen and oxygen atoms in total. The van der Waals surface area contributed by atoms with Crippen molar-refractivity contribution in [2.45, 2.75) is 70.3 Å². The highest BCUT2D eigenvalue weighted by Gasteiger charge is 2.33. The number of hydrogen-bond donors (Lipinski definition) is 3. The number of nitrogens with one attached hydrogen (secondary N) is 3. The van der Waals surface area contributed by atoms with Crippen molar-refractivity contribution in [1.82, 2.24) is 10.2 Å². The summed E-state index contributed by atoms with van der Waals surface area (Å²) in [6.45, 7) is 11.6. The predicted molar refractivity (Wildman–Crippen MR) is 213 cm³/mol. The molecule has 4 amide bonds. The van der Waals surface area contributed by atoms with Crippen molar-refractivity contribution >= 4 is 69.6 Å². The van der Waals surface area contributed by atoms with Crippen LogP contribution in [0, 0.1) is 6.92 Å². The summed E-state index contributed by atoms with van der Waals surface area (Å²) in [5.41, 5.74) is 3.15. The Kier molecular flexibility index (Phi) is 13.0. The largest absolute Gasteiger partial charge is 0.462 e. The fourth-order valence-corrected chi connectivity index (χ4v) is 7.66. The van der Waals surface area contributed by atoms with Crippen LogP contribution in [0.5, 0.6) is 0 Å². The zero-order valence-electron chi connectivity index (χ0n) is 31.1. The molecule has 2 heterocycles. The molecule has 1 aliphatic heterocycles. The number of hydrogen-bond acceptors (Lipinski definition) is 9. The third-order valence-electron chi connectivity index (χ3n) is 8.12. The van der Waals surface area contributed by atoms with Crippen LogP contribution < -0.4 is 16.0 Å². The van der Waals surface area contributed by atoms with Crippen LogP contribution in [0.1, 0.15) is 76.9 Å². The number of nitrogens with zero attached hydrogens (tertiary/aromatic N) is 1. The first kappa shape index (κ1) is 39.8. The summed E-state index contributed by atoms with van der Waals surface area (Å²) < 4.78 is 10.9. The smallest absolute Gasteiger partial charge is 0.410 e. The van der Waals surface area contributed by atoms with E-state index in [1.165, 1.54) is 23.1 Å². The number of carbonyl (C=O) groups excluding carboxylic acids is 5. The Morgan fingerprint density at radius 3 is 2.37 bits per heavy atom. The maximum atomic E-state index is 13.6. The molecule has 1 atom stereocenters. The molecule has 54 heavy (non-hydrogen) atoms. The zero-order chi connectivity index (χ0) is 39.0. The lowest BCUT2D eigenvalue weighted by Crippen LogP contribution is -2.39. The van der Waals surface area contributed by atoms with Gasteiger partial charge in [0.15, 0.2) is 0 Å². The van der Waals surface area contributed by atoms with Gasteiger partial charge in [-0.25, -0.2) is 9.59 Å². The summed E-state index contributed by atoms with van der Waals surface area (Å²) in [5, 5.41) is 8.32. The lowest BCUT2D eigenvalue weighted by atomic mass is 10.0. The van der Waals surface area contributed by atoms with E-state index in [1.807, 2.05) is 37.3 Å². The van der Waals surface area contributed by atoms with Gasteiger partial charge >= 0.3 is 12.1 Å². The second kappa shape index (κ2) is 17.6. The molecule has 1 aromatic heterocycles. The van der Waals surface area contributed by atoms with Gasteiger partial charge in [-0.15, -0.1) is 23.1 Å². The highest BCUT2D eigenvalue weighted by atomic mass is 32.2. The molecule has 0 radical (unpaired) electrons. The van der Waals surface area contributed by atoms with Crippen LogP contribution >= 0.6 is 23.1 Å². The van der Waals surface area contributed by atoms with Gasteiger partial charge in [0.2, 0.25) is 5.91 Å². The minimum atomic E-state index is -0.650. The highest BCUT2D eigenvalue weighted by Crippen LogP contribution is 2.39. The van der Waals surface area contributed by atoms with Crippen molar-refractivity contribution in [3.63, 3.8) is 0 Å². The monoisotopic (exact) mass is 768 g/mol. The Bertz CT molecular complexity index is 2050. The average molecular weight is 769 g/mol. The van der Waals surface area contributed by atoms with E-state index >= 15 is 0 Å². The molecule has 0 bridgehead atoms.